The van der Waals surface area contributed by atoms with Gasteiger partial charge in [0.2, 0.25) is 0 Å². The lowest BCUT2D eigenvalue weighted by Crippen LogP contribution is -2.50. The fourth-order valence-electron chi connectivity index (χ4n) is 2.99. The summed E-state index contributed by atoms with van der Waals surface area (Å²) in [4.78, 5) is 25.2. The zero-order valence-corrected chi connectivity index (χ0v) is 11.7. The molecule has 4 unspecified atom stereocenters. The second kappa shape index (κ2) is 5.90. The number of piperidine rings is 1. The molecule has 2 aliphatic rings. The summed E-state index contributed by atoms with van der Waals surface area (Å²) in [5.41, 5.74) is 0. The van der Waals surface area contributed by atoms with Crippen LogP contribution in [0.15, 0.2) is 0 Å². The monoisotopic (exact) mass is 269 g/mol. The average molecular weight is 269 g/mol. The van der Waals surface area contributed by atoms with Crippen LogP contribution in [-0.4, -0.2) is 46.7 Å². The number of aliphatic carboxylic acids is 1. The molecule has 2 aliphatic heterocycles. The summed E-state index contributed by atoms with van der Waals surface area (Å²) >= 11 is 0. The van der Waals surface area contributed by atoms with E-state index in [2.05, 4.69) is 6.92 Å². The fourth-order valence-corrected chi connectivity index (χ4v) is 2.99. The predicted octanol–water partition coefficient (Wildman–Crippen LogP) is 1.66. The Morgan fingerprint density at radius 3 is 2.58 bits per heavy atom. The Kier molecular flexibility index (Phi) is 4.45. The molecule has 0 spiro atoms. The van der Waals surface area contributed by atoms with Gasteiger partial charge in [-0.1, -0.05) is 6.92 Å². The van der Waals surface area contributed by atoms with E-state index in [4.69, 9.17) is 9.84 Å². The van der Waals surface area contributed by atoms with E-state index >= 15 is 0 Å². The van der Waals surface area contributed by atoms with Gasteiger partial charge in [-0.3, -0.25) is 9.59 Å². The van der Waals surface area contributed by atoms with Crippen LogP contribution >= 0.6 is 0 Å². The summed E-state index contributed by atoms with van der Waals surface area (Å²) < 4.78 is 5.73. The van der Waals surface area contributed by atoms with E-state index in [1.165, 1.54) is 0 Å². The van der Waals surface area contributed by atoms with E-state index in [0.717, 1.165) is 25.7 Å². The van der Waals surface area contributed by atoms with Gasteiger partial charge in [0.1, 0.15) is 6.10 Å². The van der Waals surface area contributed by atoms with Crippen LogP contribution in [0.5, 0.6) is 0 Å². The van der Waals surface area contributed by atoms with Crippen LogP contribution in [0, 0.1) is 5.92 Å². The van der Waals surface area contributed by atoms with Crippen LogP contribution in [0.4, 0.5) is 0 Å². The molecule has 0 saturated carbocycles. The quantitative estimate of drug-likeness (QED) is 0.846. The van der Waals surface area contributed by atoms with Crippen molar-refractivity contribution in [2.24, 2.45) is 5.92 Å². The van der Waals surface area contributed by atoms with Gasteiger partial charge in [-0.25, -0.2) is 0 Å². The summed E-state index contributed by atoms with van der Waals surface area (Å²) in [7, 11) is 0. The normalized spacial score (nSPS) is 35.4. The molecule has 2 fully saturated rings. The molecule has 1 amide bonds. The second-order valence-electron chi connectivity index (χ2n) is 5.68. The minimum atomic E-state index is -0.802. The Morgan fingerprint density at radius 2 is 2.00 bits per heavy atom. The van der Waals surface area contributed by atoms with Crippen molar-refractivity contribution >= 4 is 11.9 Å². The molecule has 1 N–H and O–H groups in total. The molecule has 0 bridgehead atoms. The summed E-state index contributed by atoms with van der Waals surface area (Å²) in [6.45, 7) is 4.37. The highest BCUT2D eigenvalue weighted by atomic mass is 16.5. The molecule has 0 radical (unpaired) electrons. The first-order chi connectivity index (χ1) is 9.02. The highest BCUT2D eigenvalue weighted by Crippen LogP contribution is 2.28. The van der Waals surface area contributed by atoms with Gasteiger partial charge in [0.25, 0.3) is 5.91 Å². The first-order valence-corrected chi connectivity index (χ1v) is 7.21. The van der Waals surface area contributed by atoms with Crippen molar-refractivity contribution in [3.05, 3.63) is 0 Å². The van der Waals surface area contributed by atoms with E-state index in [1.54, 1.807) is 4.90 Å². The standard InChI is InChI=1S/C14H23NO4/c1-3-11-6-7-12(19-11)13(16)15-8-10(14(17)18)5-4-9(15)2/h9-12H,3-8H2,1-2H3,(H,17,18). The SMILES string of the molecule is CCC1CCC(C(=O)N2CC(C(=O)O)CCC2C)O1. The number of amides is 1. The molecule has 0 aromatic heterocycles. The van der Waals surface area contributed by atoms with Crippen molar-refractivity contribution in [2.45, 2.75) is 64.2 Å². The first-order valence-electron chi connectivity index (χ1n) is 7.21. The third kappa shape index (κ3) is 3.08. The predicted molar refractivity (Wildman–Crippen MR) is 69.7 cm³/mol. The second-order valence-corrected chi connectivity index (χ2v) is 5.68. The van der Waals surface area contributed by atoms with Crippen molar-refractivity contribution in [1.82, 2.24) is 4.90 Å². The maximum absolute atomic E-state index is 12.4. The summed E-state index contributed by atoms with van der Waals surface area (Å²) in [6.07, 6.45) is 3.85. The maximum atomic E-state index is 12.4. The highest BCUT2D eigenvalue weighted by Gasteiger charge is 2.38. The van der Waals surface area contributed by atoms with Gasteiger partial charge in [0.15, 0.2) is 0 Å². The lowest BCUT2D eigenvalue weighted by molar-refractivity contribution is -0.152. The van der Waals surface area contributed by atoms with E-state index in [0.29, 0.717) is 13.0 Å². The Bertz CT molecular complexity index is 357. The molecule has 2 rings (SSSR count). The Morgan fingerprint density at radius 1 is 1.26 bits per heavy atom. The number of carboxylic acids is 1. The van der Waals surface area contributed by atoms with E-state index in [1.807, 2.05) is 6.92 Å². The number of rotatable bonds is 3. The molecular weight excluding hydrogens is 246 g/mol. The van der Waals surface area contributed by atoms with Crippen molar-refractivity contribution in [2.75, 3.05) is 6.54 Å². The largest absolute Gasteiger partial charge is 0.481 e. The van der Waals surface area contributed by atoms with Crippen molar-refractivity contribution in [3.8, 4) is 0 Å². The molecule has 4 atom stereocenters. The third-order valence-electron chi connectivity index (χ3n) is 4.35. The van der Waals surface area contributed by atoms with Gasteiger partial charge in [-0.2, -0.15) is 0 Å². The Labute approximate surface area is 113 Å². The van der Waals surface area contributed by atoms with Crippen molar-refractivity contribution < 1.29 is 19.4 Å². The van der Waals surface area contributed by atoms with Gasteiger partial charge >= 0.3 is 5.97 Å². The van der Waals surface area contributed by atoms with Crippen LogP contribution in [0.3, 0.4) is 0 Å². The molecule has 0 aliphatic carbocycles. The molecule has 19 heavy (non-hydrogen) atoms. The van der Waals surface area contributed by atoms with Crippen molar-refractivity contribution in [3.63, 3.8) is 0 Å². The number of nitrogens with zero attached hydrogens (tertiary/aromatic N) is 1. The number of likely N-dealkylation sites (tertiary alicyclic amines) is 1. The highest BCUT2D eigenvalue weighted by molar-refractivity contribution is 5.82. The van der Waals surface area contributed by atoms with Gasteiger partial charge < -0.3 is 14.7 Å². The molecule has 2 heterocycles. The van der Waals surface area contributed by atoms with Crippen LogP contribution in [0.2, 0.25) is 0 Å². The average Bonchev–Trinajstić information content (AvgIpc) is 2.87. The lowest BCUT2D eigenvalue weighted by Gasteiger charge is -2.37. The summed E-state index contributed by atoms with van der Waals surface area (Å²) in [5.74, 6) is -1.25. The fraction of sp³-hybridized carbons (Fsp3) is 0.857. The molecule has 108 valence electrons. The molecule has 0 aromatic carbocycles. The van der Waals surface area contributed by atoms with Gasteiger partial charge in [0, 0.05) is 12.6 Å². The number of carbonyl (C=O) groups is 2. The van der Waals surface area contributed by atoms with Gasteiger partial charge in [-0.15, -0.1) is 0 Å². The number of hydrogen-bond acceptors (Lipinski definition) is 3. The van der Waals surface area contributed by atoms with Gasteiger partial charge in [-0.05, 0) is 39.0 Å². The zero-order valence-electron chi connectivity index (χ0n) is 11.7. The number of carboxylic acid groups (broad SMARTS) is 1. The maximum Gasteiger partial charge on any atom is 0.308 e. The van der Waals surface area contributed by atoms with Crippen molar-refractivity contribution in [1.29, 1.82) is 0 Å². The zero-order chi connectivity index (χ0) is 14.0. The Hall–Kier alpha value is -1.10. The minimum Gasteiger partial charge on any atom is -0.481 e. The molecule has 5 nitrogen and oxygen atoms in total. The van der Waals surface area contributed by atoms with Crippen LogP contribution in [-0.2, 0) is 14.3 Å². The Balaban J connectivity index is 1.99. The number of hydrogen-bond donors (Lipinski definition) is 1. The van der Waals surface area contributed by atoms with Crippen LogP contribution in [0.1, 0.15) is 46.0 Å². The molecule has 5 heteroatoms. The van der Waals surface area contributed by atoms with E-state index in [-0.39, 0.29) is 24.2 Å². The summed E-state index contributed by atoms with van der Waals surface area (Å²) in [6, 6.07) is 0.118. The number of ether oxygens (including phenoxy) is 1. The summed E-state index contributed by atoms with van der Waals surface area (Å²) in [5, 5.41) is 9.10. The lowest BCUT2D eigenvalue weighted by atomic mass is 9.93. The van der Waals surface area contributed by atoms with Gasteiger partial charge in [0.05, 0.1) is 12.0 Å². The first kappa shape index (κ1) is 14.3. The molecule has 2 saturated heterocycles. The van der Waals surface area contributed by atoms with E-state index in [9.17, 15) is 9.59 Å². The van der Waals surface area contributed by atoms with Crippen LogP contribution < -0.4 is 0 Å². The third-order valence-corrected chi connectivity index (χ3v) is 4.35. The minimum absolute atomic E-state index is 0.0191. The molecular formula is C14H23NO4. The van der Waals surface area contributed by atoms with Crippen LogP contribution in [0.25, 0.3) is 0 Å². The van der Waals surface area contributed by atoms with E-state index < -0.39 is 11.9 Å². The topological polar surface area (TPSA) is 66.8 Å². The molecule has 0 aromatic rings. The number of carbonyl (C=O) groups excluding carboxylic acids is 1. The smallest absolute Gasteiger partial charge is 0.308 e.